The monoisotopic (exact) mass is 1080 g/mol. The molecular weight excluding hydrogens is 973 g/mol. The van der Waals surface area contributed by atoms with Gasteiger partial charge in [-0.3, -0.25) is 14.4 Å². The zero-order valence-electron chi connectivity index (χ0n) is 49.0. The van der Waals surface area contributed by atoms with Crippen molar-refractivity contribution in [3.05, 3.63) is 60.8 Å². The van der Waals surface area contributed by atoms with Crippen LogP contribution in [0.15, 0.2) is 60.8 Å². The van der Waals surface area contributed by atoms with E-state index in [1.165, 1.54) is 109 Å². The second kappa shape index (κ2) is 53.1. The molecule has 0 aromatic rings. The van der Waals surface area contributed by atoms with Crippen LogP contribution >= 0.6 is 0 Å². The zero-order valence-corrected chi connectivity index (χ0v) is 49.0. The number of hydrogen-bond acceptors (Lipinski definition) is 11. The van der Waals surface area contributed by atoms with Crippen LogP contribution in [0.3, 0.4) is 0 Å². The van der Waals surface area contributed by atoms with E-state index in [0.29, 0.717) is 19.3 Å². The summed E-state index contributed by atoms with van der Waals surface area (Å²) in [6.07, 6.45) is 53.2. The van der Waals surface area contributed by atoms with E-state index in [2.05, 4.69) is 81.5 Å². The van der Waals surface area contributed by atoms with Gasteiger partial charge in [-0.1, -0.05) is 236 Å². The van der Waals surface area contributed by atoms with E-state index in [0.717, 1.165) is 109 Å². The molecule has 0 aromatic heterocycles. The molecule has 1 fully saturated rings. The van der Waals surface area contributed by atoms with Crippen LogP contribution in [0.25, 0.3) is 0 Å². The molecule has 12 heteroatoms. The molecule has 6 unspecified atom stereocenters. The summed E-state index contributed by atoms with van der Waals surface area (Å²) >= 11 is 0. The number of carbonyl (C=O) groups excluding carboxylic acids is 3. The highest BCUT2D eigenvalue weighted by atomic mass is 16.7. The van der Waals surface area contributed by atoms with Gasteiger partial charge in [-0.05, 0) is 83.5 Å². The second-order valence-corrected chi connectivity index (χ2v) is 21.3. The summed E-state index contributed by atoms with van der Waals surface area (Å²) in [5, 5.41) is 31.5. The lowest BCUT2D eigenvalue weighted by Crippen LogP contribution is -2.61. The highest BCUT2D eigenvalue weighted by molar-refractivity contribution is 5.74. The molecule has 6 atom stereocenters. The van der Waals surface area contributed by atoms with Gasteiger partial charge in [0.1, 0.15) is 18.8 Å². The summed E-state index contributed by atoms with van der Waals surface area (Å²) in [5.74, 6) is -3.13. The van der Waals surface area contributed by atoms with Crippen molar-refractivity contribution in [1.29, 1.82) is 0 Å². The van der Waals surface area contributed by atoms with Gasteiger partial charge < -0.3 is 39.0 Å². The summed E-state index contributed by atoms with van der Waals surface area (Å²) in [6.45, 7) is 5.87. The number of carbonyl (C=O) groups is 4. The van der Waals surface area contributed by atoms with E-state index in [1.807, 2.05) is 0 Å². The molecule has 444 valence electrons. The van der Waals surface area contributed by atoms with E-state index in [-0.39, 0.29) is 25.9 Å². The number of esters is 3. The summed E-state index contributed by atoms with van der Waals surface area (Å²) in [5.41, 5.74) is 0. The van der Waals surface area contributed by atoms with Gasteiger partial charge in [-0.2, -0.15) is 0 Å². The van der Waals surface area contributed by atoms with Gasteiger partial charge in [0, 0.05) is 19.3 Å². The predicted octanol–water partition coefficient (Wildman–Crippen LogP) is 16.3. The Morgan fingerprint density at radius 3 is 1.27 bits per heavy atom. The Balaban J connectivity index is 2.68. The van der Waals surface area contributed by atoms with Crippen molar-refractivity contribution in [2.75, 3.05) is 13.2 Å². The maximum atomic E-state index is 13.2. The number of allylic oxidation sites excluding steroid dienone is 10. The normalized spacial score (nSPS) is 18.4. The third-order valence-corrected chi connectivity index (χ3v) is 14.1. The fraction of sp³-hybridized carbons (Fsp3) is 0.785. The molecule has 0 amide bonds. The van der Waals surface area contributed by atoms with Crippen molar-refractivity contribution in [2.24, 2.45) is 0 Å². The van der Waals surface area contributed by atoms with Crippen molar-refractivity contribution in [1.82, 2.24) is 0 Å². The third kappa shape index (κ3) is 43.0. The topological polar surface area (TPSA) is 175 Å². The first-order valence-electron chi connectivity index (χ1n) is 31.3. The number of aliphatic hydroxyl groups is 2. The largest absolute Gasteiger partial charge is 0.479 e. The molecule has 1 saturated heterocycles. The van der Waals surface area contributed by atoms with Crippen molar-refractivity contribution in [3.63, 3.8) is 0 Å². The van der Waals surface area contributed by atoms with Crippen LogP contribution in [0.4, 0.5) is 0 Å². The van der Waals surface area contributed by atoms with Crippen LogP contribution in [0, 0.1) is 0 Å². The smallest absolute Gasteiger partial charge is 0.335 e. The minimum atomic E-state index is -1.91. The van der Waals surface area contributed by atoms with Crippen LogP contribution in [-0.2, 0) is 42.9 Å². The minimum Gasteiger partial charge on any atom is -0.479 e. The summed E-state index contributed by atoms with van der Waals surface area (Å²) < 4.78 is 28.5. The summed E-state index contributed by atoms with van der Waals surface area (Å²) in [6, 6.07) is 0. The molecule has 0 saturated carbocycles. The number of aliphatic carboxylic acids is 1. The Morgan fingerprint density at radius 1 is 0.442 bits per heavy atom. The van der Waals surface area contributed by atoms with Crippen LogP contribution < -0.4 is 0 Å². The van der Waals surface area contributed by atoms with Crippen molar-refractivity contribution in [3.8, 4) is 0 Å². The van der Waals surface area contributed by atoms with Crippen LogP contribution in [0.5, 0.6) is 0 Å². The molecule has 1 aliphatic heterocycles. The number of unbranched alkanes of at least 4 members (excludes halogenated alkanes) is 29. The molecule has 1 heterocycles. The minimum absolute atomic E-state index is 0.0408. The summed E-state index contributed by atoms with van der Waals surface area (Å²) in [7, 11) is 0. The maximum absolute atomic E-state index is 13.2. The predicted molar refractivity (Wildman–Crippen MR) is 312 cm³/mol. The van der Waals surface area contributed by atoms with Crippen molar-refractivity contribution in [2.45, 2.75) is 314 Å². The first kappa shape index (κ1) is 71.4. The highest BCUT2D eigenvalue weighted by Gasteiger charge is 2.50. The number of aliphatic hydroxyl groups excluding tert-OH is 2. The number of carboxylic acids is 1. The van der Waals surface area contributed by atoms with Gasteiger partial charge in [0.15, 0.2) is 24.6 Å². The lowest BCUT2D eigenvalue weighted by atomic mass is 9.98. The molecule has 3 N–H and O–H groups in total. The first-order valence-corrected chi connectivity index (χ1v) is 31.3. The van der Waals surface area contributed by atoms with E-state index >= 15 is 0 Å². The third-order valence-electron chi connectivity index (χ3n) is 14.1. The van der Waals surface area contributed by atoms with Gasteiger partial charge >= 0.3 is 23.9 Å². The van der Waals surface area contributed by atoms with Crippen LogP contribution in [-0.4, -0.2) is 89.2 Å². The zero-order chi connectivity index (χ0) is 56.1. The van der Waals surface area contributed by atoms with Crippen LogP contribution in [0.1, 0.15) is 278 Å². The highest BCUT2D eigenvalue weighted by Crippen LogP contribution is 2.27. The van der Waals surface area contributed by atoms with E-state index in [9.17, 15) is 34.5 Å². The molecule has 1 rings (SSSR count). The van der Waals surface area contributed by atoms with Gasteiger partial charge in [-0.25, -0.2) is 4.79 Å². The Morgan fingerprint density at radius 2 is 0.818 bits per heavy atom. The molecule has 0 aromatic carbocycles. The Labute approximate surface area is 468 Å². The van der Waals surface area contributed by atoms with Crippen molar-refractivity contribution < 1.29 is 58.2 Å². The van der Waals surface area contributed by atoms with Crippen LogP contribution in [0.2, 0.25) is 0 Å². The van der Waals surface area contributed by atoms with Gasteiger partial charge in [-0.15, -0.1) is 0 Å². The average Bonchev–Trinajstić information content (AvgIpc) is 3.43. The standard InChI is InChI=1S/C65H112O12/c1-4-7-10-13-16-19-22-25-28-29-32-33-36-39-42-45-48-51-57(66)73-54-56(75-58(67)52-49-46-43-40-37-34-30-26-23-20-17-14-11-8-5-2)55-74-65-63(61(70)60(69)62(77-65)64(71)72)76-59(68)53-50-47-44-41-38-35-31-27-24-21-18-15-12-9-6-3/h9,12,16,18-19,21,25,27-28,31,56,60-63,65,69-70H,4-8,10-11,13-15,17,20,22-24,26,29-30,32-55H2,1-3H3,(H,71,72)/b12-9-,19-16-,21-18-,28-25-,31-27-. The maximum Gasteiger partial charge on any atom is 0.335 e. The lowest BCUT2D eigenvalue weighted by molar-refractivity contribution is -0.301. The molecule has 0 aliphatic carbocycles. The summed E-state index contributed by atoms with van der Waals surface area (Å²) in [4.78, 5) is 51.2. The van der Waals surface area contributed by atoms with Gasteiger partial charge in [0.05, 0.1) is 6.61 Å². The first-order chi connectivity index (χ1) is 37.6. The van der Waals surface area contributed by atoms with E-state index < -0.39 is 67.3 Å². The SMILES string of the molecule is CC/C=C\C/C=C\C/C=C\CCCCCCCC(=O)OC1C(OCC(COC(=O)CCCCCCCCC/C=C\C/C=C\CCCCC)OC(=O)CCCCCCCCCCCCCCCCC)OC(C(=O)O)C(O)C1O. The molecule has 0 spiro atoms. The Hall–Kier alpha value is -3.58. The van der Waals surface area contributed by atoms with E-state index in [4.69, 9.17) is 23.7 Å². The van der Waals surface area contributed by atoms with Gasteiger partial charge in [0.25, 0.3) is 0 Å². The fourth-order valence-electron chi connectivity index (χ4n) is 9.30. The molecule has 1 aliphatic rings. The number of ether oxygens (including phenoxy) is 5. The molecule has 77 heavy (non-hydrogen) atoms. The quantitative estimate of drug-likeness (QED) is 0.0228. The van der Waals surface area contributed by atoms with Crippen molar-refractivity contribution >= 4 is 23.9 Å². The number of rotatable bonds is 53. The van der Waals surface area contributed by atoms with E-state index in [1.54, 1.807) is 0 Å². The molecule has 12 nitrogen and oxygen atoms in total. The molecule has 0 radical (unpaired) electrons. The fourth-order valence-corrected chi connectivity index (χ4v) is 9.30. The Bertz CT molecular complexity index is 1570. The second-order valence-electron chi connectivity index (χ2n) is 21.3. The Kier molecular flexibility index (Phi) is 49.2. The number of carboxylic acid groups (broad SMARTS) is 1. The molecule has 0 bridgehead atoms. The van der Waals surface area contributed by atoms with Gasteiger partial charge in [0.2, 0.25) is 0 Å². The number of hydrogen-bond donors (Lipinski definition) is 3. The average molecular weight is 1090 g/mol. The lowest BCUT2D eigenvalue weighted by Gasteiger charge is -2.40. The molecular formula is C65H112O12.